The molecule has 7 rings (SSSR count). The van der Waals surface area contributed by atoms with E-state index in [1.807, 2.05) is 11.1 Å². The Kier molecular flexibility index (Phi) is 14.0. The van der Waals surface area contributed by atoms with Crippen LogP contribution in [-0.4, -0.2) is 114 Å². The zero-order valence-corrected chi connectivity index (χ0v) is 32.9. The van der Waals surface area contributed by atoms with Gasteiger partial charge in [0.05, 0.1) is 24.3 Å². The molecule has 7 fully saturated rings. The average Bonchev–Trinajstić information content (AvgIpc) is 3.51. The smallest absolute Gasteiger partial charge is 0.249 e. The molecule has 10 heteroatoms. The van der Waals surface area contributed by atoms with Gasteiger partial charge in [0.2, 0.25) is 17.7 Å². The number of nitrogens with one attached hydrogen (secondary N) is 2. The summed E-state index contributed by atoms with van der Waals surface area (Å²) in [6.07, 6.45) is 23.5. The number of unbranched alkanes of at least 4 members (excludes halogenated alkanes) is 2. The molecule has 4 aliphatic heterocycles. The summed E-state index contributed by atoms with van der Waals surface area (Å²) in [6, 6.07) is -0.497. The van der Waals surface area contributed by atoms with Gasteiger partial charge in [-0.3, -0.25) is 24.6 Å². The van der Waals surface area contributed by atoms with Crippen LogP contribution in [0.3, 0.4) is 0 Å². The molecule has 0 radical (unpaired) electrons. The maximum absolute atomic E-state index is 13.2. The molecule has 3 amide bonds. The third kappa shape index (κ3) is 9.76. The third-order valence-corrected chi connectivity index (χ3v) is 14.7. The molecule has 7 aliphatic rings. The van der Waals surface area contributed by atoms with E-state index < -0.39 is 6.04 Å². The molecule has 0 aromatic rings. The first-order chi connectivity index (χ1) is 25.9. The minimum absolute atomic E-state index is 0.0604. The van der Waals surface area contributed by atoms with Crippen molar-refractivity contribution in [1.29, 1.82) is 0 Å². The lowest BCUT2D eigenvalue weighted by Crippen LogP contribution is -2.58. The molecule has 0 spiro atoms. The van der Waals surface area contributed by atoms with Crippen molar-refractivity contribution in [2.45, 2.75) is 160 Å². The number of aliphatic hydroxyl groups excluding tert-OH is 1. The van der Waals surface area contributed by atoms with E-state index in [9.17, 15) is 19.5 Å². The SMILES string of the molecule is CC/C(=C(\C1CCC(O)CC1)C1CCC(OCCCCCN2CCN(C3CC4CN(C5CCC(=O)NC5=O)C(=O)C4CN3)CC2)CC1)C1CCCCC1. The Morgan fingerprint density at radius 1 is 0.811 bits per heavy atom. The first-order valence-electron chi connectivity index (χ1n) is 22.2. The summed E-state index contributed by atoms with van der Waals surface area (Å²) in [5.74, 6) is 1.99. The molecule has 4 atom stereocenters. The first-order valence-corrected chi connectivity index (χ1v) is 22.2. The third-order valence-electron chi connectivity index (χ3n) is 14.7. The maximum atomic E-state index is 13.2. The summed E-state index contributed by atoms with van der Waals surface area (Å²) in [5, 5.41) is 16.4. The number of amides is 3. The fourth-order valence-electron chi connectivity index (χ4n) is 11.7. The van der Waals surface area contributed by atoms with Crippen LogP contribution in [0.2, 0.25) is 0 Å². The van der Waals surface area contributed by atoms with Gasteiger partial charge in [-0.05, 0) is 133 Å². The Bertz CT molecular complexity index is 1260. The molecule has 4 saturated heterocycles. The Morgan fingerprint density at radius 3 is 2.23 bits per heavy atom. The summed E-state index contributed by atoms with van der Waals surface area (Å²) in [4.78, 5) is 44.2. The molecule has 4 heterocycles. The van der Waals surface area contributed by atoms with Gasteiger partial charge in [-0.15, -0.1) is 0 Å². The standard InChI is InChI=1S/C43H71N5O5/c1-2-36(30-9-5-3-6-10-30)41(31-11-15-34(49)16-12-31)32-13-17-35(18-14-32)53-26-8-4-7-21-46-22-24-47(25-23-46)39-27-33-29-48(43(52)37(33)28-44-39)38-19-20-40(50)45-42(38)51/h30-35,37-39,44,49H,2-29H2,1H3,(H,45,50,51)/b41-36-. The van der Waals surface area contributed by atoms with Crippen LogP contribution in [0, 0.1) is 29.6 Å². The predicted molar refractivity (Wildman–Crippen MR) is 207 cm³/mol. The second-order valence-electron chi connectivity index (χ2n) is 17.9. The van der Waals surface area contributed by atoms with E-state index in [0.29, 0.717) is 38.0 Å². The number of imide groups is 1. The van der Waals surface area contributed by atoms with E-state index >= 15 is 0 Å². The van der Waals surface area contributed by atoms with Gasteiger partial charge in [-0.25, -0.2) is 0 Å². The number of likely N-dealkylation sites (tertiary alicyclic amines) is 1. The summed E-state index contributed by atoms with van der Waals surface area (Å²) >= 11 is 0. The number of aliphatic hydroxyl groups is 1. The zero-order chi connectivity index (χ0) is 36.7. The van der Waals surface area contributed by atoms with Crippen molar-refractivity contribution in [2.24, 2.45) is 29.6 Å². The zero-order valence-electron chi connectivity index (χ0n) is 32.9. The number of allylic oxidation sites excluding steroid dienone is 2. The Hall–Kier alpha value is -1.85. The number of hydrogen-bond donors (Lipinski definition) is 3. The van der Waals surface area contributed by atoms with Crippen molar-refractivity contribution in [3.8, 4) is 0 Å². The summed E-state index contributed by atoms with van der Waals surface area (Å²) < 4.78 is 6.50. The molecular weight excluding hydrogens is 667 g/mol. The van der Waals surface area contributed by atoms with Crippen molar-refractivity contribution in [1.82, 2.24) is 25.3 Å². The molecule has 3 saturated carbocycles. The first kappa shape index (κ1) is 39.4. The minimum Gasteiger partial charge on any atom is -0.393 e. The van der Waals surface area contributed by atoms with Crippen LogP contribution < -0.4 is 10.6 Å². The Morgan fingerprint density at radius 2 is 1.53 bits per heavy atom. The predicted octanol–water partition coefficient (Wildman–Crippen LogP) is 5.39. The highest BCUT2D eigenvalue weighted by molar-refractivity contribution is 6.02. The van der Waals surface area contributed by atoms with Crippen LogP contribution in [0.1, 0.15) is 135 Å². The lowest BCUT2D eigenvalue weighted by molar-refractivity contribution is -0.144. The minimum atomic E-state index is -0.497. The number of piperidine rings is 2. The fraction of sp³-hybridized carbons (Fsp3) is 0.884. The average molecular weight is 738 g/mol. The molecule has 53 heavy (non-hydrogen) atoms. The van der Waals surface area contributed by atoms with E-state index in [4.69, 9.17) is 4.74 Å². The van der Waals surface area contributed by atoms with Crippen LogP contribution in [-0.2, 0) is 19.1 Å². The lowest BCUT2D eigenvalue weighted by atomic mass is 9.68. The van der Waals surface area contributed by atoms with Crippen molar-refractivity contribution in [3.63, 3.8) is 0 Å². The molecule has 0 aromatic heterocycles. The van der Waals surface area contributed by atoms with Gasteiger partial charge < -0.3 is 25.0 Å². The molecule has 4 unspecified atom stereocenters. The van der Waals surface area contributed by atoms with Gasteiger partial charge in [0.1, 0.15) is 6.04 Å². The quantitative estimate of drug-likeness (QED) is 0.131. The highest BCUT2D eigenvalue weighted by Crippen LogP contribution is 2.46. The number of carbonyl (C=O) groups excluding carboxylic acids is 3. The number of fused-ring (bicyclic) bond motifs is 1. The second kappa shape index (κ2) is 18.9. The number of piperazine rings is 1. The van der Waals surface area contributed by atoms with Crippen molar-refractivity contribution in [2.75, 3.05) is 52.4 Å². The van der Waals surface area contributed by atoms with E-state index in [1.165, 1.54) is 89.9 Å². The normalized spacial score (nSPS) is 36.0. The van der Waals surface area contributed by atoms with Gasteiger partial charge in [0, 0.05) is 52.3 Å². The van der Waals surface area contributed by atoms with E-state index in [-0.39, 0.29) is 41.8 Å². The van der Waals surface area contributed by atoms with Crippen LogP contribution in [0.25, 0.3) is 0 Å². The lowest BCUT2D eigenvalue weighted by Gasteiger charge is -2.43. The number of rotatable bonds is 13. The van der Waals surface area contributed by atoms with Gasteiger partial charge in [0.15, 0.2) is 0 Å². The topological polar surface area (TPSA) is 114 Å². The fourth-order valence-corrected chi connectivity index (χ4v) is 11.7. The van der Waals surface area contributed by atoms with E-state index in [2.05, 4.69) is 27.4 Å². The van der Waals surface area contributed by atoms with E-state index in [0.717, 1.165) is 76.8 Å². The Labute approximate surface area is 319 Å². The summed E-state index contributed by atoms with van der Waals surface area (Å²) in [6.45, 7) is 10.0. The van der Waals surface area contributed by atoms with Crippen LogP contribution >= 0.6 is 0 Å². The van der Waals surface area contributed by atoms with Gasteiger partial charge in [0.25, 0.3) is 0 Å². The molecule has 0 bridgehead atoms. The summed E-state index contributed by atoms with van der Waals surface area (Å²) in [5.41, 5.74) is 3.69. The van der Waals surface area contributed by atoms with Crippen LogP contribution in [0.15, 0.2) is 11.1 Å². The number of nitrogens with zero attached hydrogens (tertiary/aromatic N) is 3. The van der Waals surface area contributed by atoms with Crippen molar-refractivity contribution in [3.05, 3.63) is 11.1 Å². The van der Waals surface area contributed by atoms with E-state index in [1.54, 1.807) is 4.90 Å². The Balaban J connectivity index is 0.773. The maximum Gasteiger partial charge on any atom is 0.249 e. The van der Waals surface area contributed by atoms with Gasteiger partial charge in [-0.1, -0.05) is 37.3 Å². The molecule has 3 N–H and O–H groups in total. The number of ether oxygens (including phenoxy) is 1. The number of hydrogen-bond acceptors (Lipinski definition) is 8. The van der Waals surface area contributed by atoms with Gasteiger partial charge >= 0.3 is 0 Å². The highest BCUT2D eigenvalue weighted by Gasteiger charge is 2.49. The number of carbonyl (C=O) groups is 3. The van der Waals surface area contributed by atoms with Crippen LogP contribution in [0.4, 0.5) is 0 Å². The molecule has 0 aromatic carbocycles. The molecule has 298 valence electrons. The highest BCUT2D eigenvalue weighted by atomic mass is 16.5. The summed E-state index contributed by atoms with van der Waals surface area (Å²) in [7, 11) is 0. The van der Waals surface area contributed by atoms with Crippen LogP contribution in [0.5, 0.6) is 0 Å². The molecular formula is C43H71N5O5. The second-order valence-corrected chi connectivity index (χ2v) is 17.9. The molecule has 3 aliphatic carbocycles. The van der Waals surface area contributed by atoms with Crippen molar-refractivity contribution < 1.29 is 24.2 Å². The van der Waals surface area contributed by atoms with Crippen molar-refractivity contribution >= 4 is 17.7 Å². The largest absolute Gasteiger partial charge is 0.393 e. The molecule has 10 nitrogen and oxygen atoms in total. The monoisotopic (exact) mass is 738 g/mol. The van der Waals surface area contributed by atoms with Gasteiger partial charge in [-0.2, -0.15) is 0 Å².